The summed E-state index contributed by atoms with van der Waals surface area (Å²) in [7, 11) is 0. The number of aliphatic carboxylic acids is 1. The zero-order chi connectivity index (χ0) is 15.6. The molecule has 0 aromatic heterocycles. The van der Waals surface area contributed by atoms with Gasteiger partial charge in [0.25, 0.3) is 0 Å². The topological polar surface area (TPSA) is 66.4 Å². The number of hydrogen-bond acceptors (Lipinski definition) is 2. The molecule has 0 saturated heterocycles. The van der Waals surface area contributed by atoms with Gasteiger partial charge in [0, 0.05) is 16.5 Å². The van der Waals surface area contributed by atoms with Gasteiger partial charge in [-0.2, -0.15) is 0 Å². The van der Waals surface area contributed by atoms with Crippen molar-refractivity contribution in [2.24, 2.45) is 11.3 Å². The SMILES string of the molecule is CC(C)(Cc1cccc(Cl)c1)C(=O)NC1CC(C(=O)O)C1. The van der Waals surface area contributed by atoms with E-state index in [4.69, 9.17) is 16.7 Å². The summed E-state index contributed by atoms with van der Waals surface area (Å²) in [5.41, 5.74) is 0.457. The van der Waals surface area contributed by atoms with E-state index in [1.807, 2.05) is 32.0 Å². The lowest BCUT2D eigenvalue weighted by Crippen LogP contribution is -2.50. The zero-order valence-corrected chi connectivity index (χ0v) is 13.0. The first kappa shape index (κ1) is 15.8. The van der Waals surface area contributed by atoms with Crippen molar-refractivity contribution in [3.63, 3.8) is 0 Å². The van der Waals surface area contributed by atoms with Gasteiger partial charge in [-0.3, -0.25) is 9.59 Å². The number of halogens is 1. The largest absolute Gasteiger partial charge is 0.481 e. The molecule has 4 nitrogen and oxygen atoms in total. The van der Waals surface area contributed by atoms with E-state index in [1.54, 1.807) is 6.07 Å². The third-order valence-corrected chi connectivity index (χ3v) is 4.21. The van der Waals surface area contributed by atoms with Gasteiger partial charge in [-0.05, 0) is 37.0 Å². The maximum absolute atomic E-state index is 12.3. The molecule has 1 aliphatic carbocycles. The minimum absolute atomic E-state index is 0.0164. The van der Waals surface area contributed by atoms with E-state index in [-0.39, 0.29) is 17.9 Å². The Bertz CT molecular complexity index is 550. The Balaban J connectivity index is 1.90. The highest BCUT2D eigenvalue weighted by Gasteiger charge is 2.38. The first-order chi connectivity index (χ1) is 9.78. The van der Waals surface area contributed by atoms with Crippen molar-refractivity contribution in [2.75, 3.05) is 0 Å². The highest BCUT2D eigenvalue weighted by Crippen LogP contribution is 2.30. The third kappa shape index (κ3) is 3.97. The second-order valence-corrected chi connectivity index (χ2v) is 6.80. The summed E-state index contributed by atoms with van der Waals surface area (Å²) in [5.74, 6) is -1.14. The molecular weight excluding hydrogens is 290 g/mol. The van der Waals surface area contributed by atoms with E-state index in [0.717, 1.165) is 5.56 Å². The predicted molar refractivity (Wildman–Crippen MR) is 81.2 cm³/mol. The van der Waals surface area contributed by atoms with Crippen LogP contribution in [0.3, 0.4) is 0 Å². The fourth-order valence-electron chi connectivity index (χ4n) is 2.56. The van der Waals surface area contributed by atoms with E-state index >= 15 is 0 Å². The van der Waals surface area contributed by atoms with Gasteiger partial charge in [-0.15, -0.1) is 0 Å². The number of carboxylic acids is 1. The molecule has 1 saturated carbocycles. The zero-order valence-electron chi connectivity index (χ0n) is 12.2. The summed E-state index contributed by atoms with van der Waals surface area (Å²) in [4.78, 5) is 23.1. The molecule has 0 heterocycles. The summed E-state index contributed by atoms with van der Waals surface area (Å²) in [6.45, 7) is 3.77. The average molecular weight is 310 g/mol. The second-order valence-electron chi connectivity index (χ2n) is 6.37. The van der Waals surface area contributed by atoms with Crippen LogP contribution in [0.5, 0.6) is 0 Å². The minimum Gasteiger partial charge on any atom is -0.481 e. The van der Waals surface area contributed by atoms with Gasteiger partial charge in [0.05, 0.1) is 5.92 Å². The summed E-state index contributed by atoms with van der Waals surface area (Å²) in [5, 5.41) is 12.4. The molecule has 0 unspecified atom stereocenters. The second kappa shape index (κ2) is 6.06. The average Bonchev–Trinajstić information content (AvgIpc) is 2.31. The van der Waals surface area contributed by atoms with Gasteiger partial charge in [0.1, 0.15) is 0 Å². The third-order valence-electron chi connectivity index (χ3n) is 3.97. The summed E-state index contributed by atoms with van der Waals surface area (Å²) in [6.07, 6.45) is 1.64. The van der Waals surface area contributed by atoms with Gasteiger partial charge >= 0.3 is 5.97 Å². The number of nitrogens with one attached hydrogen (secondary N) is 1. The van der Waals surface area contributed by atoms with Crippen LogP contribution in [-0.2, 0) is 16.0 Å². The standard InChI is InChI=1S/C16H20ClNO3/c1-16(2,9-10-4-3-5-12(17)6-10)15(21)18-13-7-11(8-13)14(19)20/h3-6,11,13H,7-9H2,1-2H3,(H,18,21)(H,19,20). The van der Waals surface area contributed by atoms with Crippen LogP contribution >= 0.6 is 11.6 Å². The van der Waals surface area contributed by atoms with Crippen LogP contribution in [0.15, 0.2) is 24.3 Å². The van der Waals surface area contributed by atoms with Crippen molar-refractivity contribution in [1.82, 2.24) is 5.32 Å². The van der Waals surface area contributed by atoms with Crippen molar-refractivity contribution >= 4 is 23.5 Å². The molecule has 21 heavy (non-hydrogen) atoms. The molecule has 1 fully saturated rings. The van der Waals surface area contributed by atoms with E-state index in [9.17, 15) is 9.59 Å². The minimum atomic E-state index is -0.779. The van der Waals surface area contributed by atoms with Crippen molar-refractivity contribution < 1.29 is 14.7 Å². The maximum Gasteiger partial charge on any atom is 0.306 e. The number of carbonyl (C=O) groups is 2. The van der Waals surface area contributed by atoms with Crippen LogP contribution in [-0.4, -0.2) is 23.0 Å². The van der Waals surface area contributed by atoms with Gasteiger partial charge in [-0.25, -0.2) is 0 Å². The molecule has 5 heteroatoms. The number of rotatable bonds is 5. The highest BCUT2D eigenvalue weighted by molar-refractivity contribution is 6.30. The smallest absolute Gasteiger partial charge is 0.306 e. The molecular formula is C16H20ClNO3. The van der Waals surface area contributed by atoms with Crippen molar-refractivity contribution in [1.29, 1.82) is 0 Å². The van der Waals surface area contributed by atoms with Gasteiger partial charge < -0.3 is 10.4 Å². The van der Waals surface area contributed by atoms with Crippen LogP contribution in [0.1, 0.15) is 32.3 Å². The van der Waals surface area contributed by atoms with E-state index < -0.39 is 11.4 Å². The molecule has 1 amide bonds. The Morgan fingerprint density at radius 1 is 1.38 bits per heavy atom. The Labute approximate surface area is 129 Å². The Morgan fingerprint density at radius 2 is 2.05 bits per heavy atom. The van der Waals surface area contributed by atoms with Crippen LogP contribution in [0.25, 0.3) is 0 Å². The number of benzene rings is 1. The van der Waals surface area contributed by atoms with Crippen LogP contribution in [0.2, 0.25) is 5.02 Å². The fraction of sp³-hybridized carbons (Fsp3) is 0.500. The van der Waals surface area contributed by atoms with Crippen molar-refractivity contribution in [2.45, 2.75) is 39.2 Å². The molecule has 0 spiro atoms. The fourth-order valence-corrected chi connectivity index (χ4v) is 2.77. The normalized spacial score (nSPS) is 21.5. The molecule has 1 aliphatic rings. The Morgan fingerprint density at radius 3 is 2.62 bits per heavy atom. The molecule has 0 atom stereocenters. The molecule has 2 rings (SSSR count). The van der Waals surface area contributed by atoms with E-state index in [2.05, 4.69) is 5.32 Å². The maximum atomic E-state index is 12.3. The molecule has 1 aromatic rings. The lowest BCUT2D eigenvalue weighted by molar-refractivity contribution is -0.146. The molecule has 114 valence electrons. The van der Waals surface area contributed by atoms with Crippen molar-refractivity contribution in [3.8, 4) is 0 Å². The first-order valence-electron chi connectivity index (χ1n) is 7.06. The summed E-state index contributed by atoms with van der Waals surface area (Å²) >= 11 is 5.96. The predicted octanol–water partition coefficient (Wildman–Crippen LogP) is 2.89. The van der Waals surface area contributed by atoms with Gasteiger partial charge in [-0.1, -0.05) is 37.6 Å². The molecule has 0 bridgehead atoms. The van der Waals surface area contributed by atoms with Crippen LogP contribution < -0.4 is 5.32 Å². The number of amides is 1. The van der Waals surface area contributed by atoms with Crippen molar-refractivity contribution in [3.05, 3.63) is 34.9 Å². The van der Waals surface area contributed by atoms with Crippen LogP contribution in [0.4, 0.5) is 0 Å². The molecule has 0 radical (unpaired) electrons. The molecule has 1 aromatic carbocycles. The monoisotopic (exact) mass is 309 g/mol. The van der Waals surface area contributed by atoms with E-state index in [0.29, 0.717) is 24.3 Å². The van der Waals surface area contributed by atoms with Crippen LogP contribution in [0, 0.1) is 11.3 Å². The number of carboxylic acid groups (broad SMARTS) is 1. The number of carbonyl (C=O) groups excluding carboxylic acids is 1. The quantitative estimate of drug-likeness (QED) is 0.879. The molecule has 2 N–H and O–H groups in total. The van der Waals surface area contributed by atoms with Gasteiger partial charge in [0.15, 0.2) is 0 Å². The first-order valence-corrected chi connectivity index (χ1v) is 7.44. The lowest BCUT2D eigenvalue weighted by atomic mass is 9.78. The summed E-state index contributed by atoms with van der Waals surface area (Å²) in [6, 6.07) is 7.47. The lowest BCUT2D eigenvalue weighted by Gasteiger charge is -2.35. The Hall–Kier alpha value is -1.55. The van der Waals surface area contributed by atoms with E-state index in [1.165, 1.54) is 0 Å². The highest BCUT2D eigenvalue weighted by atomic mass is 35.5. The summed E-state index contributed by atoms with van der Waals surface area (Å²) < 4.78 is 0. The molecule has 0 aliphatic heterocycles. The Kier molecular flexibility index (Phi) is 4.57. The van der Waals surface area contributed by atoms with Gasteiger partial charge in [0.2, 0.25) is 5.91 Å². The number of hydrogen-bond donors (Lipinski definition) is 2.